The molecule has 1 aliphatic carbocycles. The zero-order valence-electron chi connectivity index (χ0n) is 12.9. The lowest BCUT2D eigenvalue weighted by Gasteiger charge is -2.21. The minimum atomic E-state index is -0.767. The first-order valence-electron chi connectivity index (χ1n) is 7.65. The van der Waals surface area contributed by atoms with Crippen molar-refractivity contribution in [1.29, 1.82) is 0 Å². The van der Waals surface area contributed by atoms with Crippen molar-refractivity contribution in [3.8, 4) is 5.75 Å². The molecule has 4 heteroatoms. The molecule has 1 saturated carbocycles. The van der Waals surface area contributed by atoms with Gasteiger partial charge < -0.3 is 15.2 Å². The van der Waals surface area contributed by atoms with Gasteiger partial charge in [0.15, 0.2) is 0 Å². The van der Waals surface area contributed by atoms with Crippen molar-refractivity contribution in [2.75, 3.05) is 13.7 Å². The van der Waals surface area contributed by atoms with Gasteiger partial charge in [-0.2, -0.15) is 0 Å². The van der Waals surface area contributed by atoms with Crippen LogP contribution < -0.4 is 10.1 Å². The minimum Gasteiger partial charge on any atom is -0.496 e. The number of benzene rings is 1. The SMILES string of the molecule is COc1cc(CCNC(=O)CC2(O)CCCC2)ccc1C. The standard InChI is InChI=1S/C17H25NO3/c1-13-5-6-14(11-15(13)21-2)7-10-18-16(19)12-17(20)8-3-4-9-17/h5-6,11,20H,3-4,7-10,12H2,1-2H3,(H,18,19). The van der Waals surface area contributed by atoms with Gasteiger partial charge in [0.2, 0.25) is 5.91 Å². The average Bonchev–Trinajstić information content (AvgIpc) is 2.87. The molecule has 1 fully saturated rings. The molecule has 0 saturated heterocycles. The lowest BCUT2D eigenvalue weighted by Crippen LogP contribution is -2.35. The number of rotatable bonds is 6. The monoisotopic (exact) mass is 291 g/mol. The van der Waals surface area contributed by atoms with Crippen LogP contribution in [0.5, 0.6) is 5.75 Å². The smallest absolute Gasteiger partial charge is 0.222 e. The maximum Gasteiger partial charge on any atom is 0.222 e. The van der Waals surface area contributed by atoms with Gasteiger partial charge in [0.05, 0.1) is 19.1 Å². The molecule has 4 nitrogen and oxygen atoms in total. The fraction of sp³-hybridized carbons (Fsp3) is 0.588. The van der Waals surface area contributed by atoms with Crippen molar-refractivity contribution in [3.63, 3.8) is 0 Å². The van der Waals surface area contributed by atoms with E-state index in [2.05, 4.69) is 11.4 Å². The van der Waals surface area contributed by atoms with Crippen molar-refractivity contribution in [1.82, 2.24) is 5.32 Å². The summed E-state index contributed by atoms with van der Waals surface area (Å²) in [6.07, 6.45) is 4.52. The average molecular weight is 291 g/mol. The van der Waals surface area contributed by atoms with Gasteiger partial charge in [-0.05, 0) is 43.4 Å². The third kappa shape index (κ3) is 4.46. The van der Waals surface area contributed by atoms with Crippen LogP contribution in [0.15, 0.2) is 18.2 Å². The molecule has 2 N–H and O–H groups in total. The molecule has 0 aromatic heterocycles. The van der Waals surface area contributed by atoms with E-state index in [4.69, 9.17) is 4.74 Å². The van der Waals surface area contributed by atoms with E-state index in [0.717, 1.165) is 49.0 Å². The first-order valence-corrected chi connectivity index (χ1v) is 7.65. The summed E-state index contributed by atoms with van der Waals surface area (Å²) in [5.74, 6) is 0.817. The number of ether oxygens (including phenoxy) is 1. The molecule has 0 spiro atoms. The molecule has 2 rings (SSSR count). The second-order valence-corrected chi connectivity index (χ2v) is 6.01. The molecular formula is C17H25NO3. The quantitative estimate of drug-likeness (QED) is 0.846. The Morgan fingerprint density at radius 1 is 1.38 bits per heavy atom. The van der Waals surface area contributed by atoms with Crippen molar-refractivity contribution in [2.45, 2.75) is 51.0 Å². The third-order valence-corrected chi connectivity index (χ3v) is 4.23. The lowest BCUT2D eigenvalue weighted by molar-refractivity contribution is -0.125. The Morgan fingerprint density at radius 3 is 2.76 bits per heavy atom. The van der Waals surface area contributed by atoms with E-state index in [1.807, 2.05) is 19.1 Å². The van der Waals surface area contributed by atoms with Crippen LogP contribution in [-0.2, 0) is 11.2 Å². The molecule has 1 aliphatic rings. The van der Waals surface area contributed by atoms with Crippen LogP contribution in [0.25, 0.3) is 0 Å². The highest BCUT2D eigenvalue weighted by Gasteiger charge is 2.33. The van der Waals surface area contributed by atoms with Crippen molar-refractivity contribution >= 4 is 5.91 Å². The van der Waals surface area contributed by atoms with Crippen LogP contribution in [0, 0.1) is 6.92 Å². The number of aryl methyl sites for hydroxylation is 1. The van der Waals surface area contributed by atoms with Crippen LogP contribution in [0.2, 0.25) is 0 Å². The maximum atomic E-state index is 11.9. The van der Waals surface area contributed by atoms with Crippen LogP contribution >= 0.6 is 0 Å². The first-order chi connectivity index (χ1) is 10.0. The van der Waals surface area contributed by atoms with Gasteiger partial charge in [-0.1, -0.05) is 25.0 Å². The van der Waals surface area contributed by atoms with Gasteiger partial charge in [-0.3, -0.25) is 4.79 Å². The molecule has 1 aromatic carbocycles. The normalized spacial score (nSPS) is 16.7. The summed E-state index contributed by atoms with van der Waals surface area (Å²) in [4.78, 5) is 11.9. The number of carbonyl (C=O) groups excluding carboxylic acids is 1. The Hall–Kier alpha value is -1.55. The number of carbonyl (C=O) groups is 1. The predicted octanol–water partition coefficient (Wildman–Crippen LogP) is 2.36. The predicted molar refractivity (Wildman–Crippen MR) is 82.5 cm³/mol. The molecule has 116 valence electrons. The number of hydrogen-bond acceptors (Lipinski definition) is 3. The van der Waals surface area contributed by atoms with Crippen molar-refractivity contribution in [2.24, 2.45) is 0 Å². The van der Waals surface area contributed by atoms with Crippen LogP contribution in [0.3, 0.4) is 0 Å². The fourth-order valence-corrected chi connectivity index (χ4v) is 2.94. The van der Waals surface area contributed by atoms with E-state index in [-0.39, 0.29) is 12.3 Å². The molecule has 21 heavy (non-hydrogen) atoms. The first kappa shape index (κ1) is 15.8. The number of aliphatic hydroxyl groups is 1. The highest BCUT2D eigenvalue weighted by atomic mass is 16.5. The second-order valence-electron chi connectivity index (χ2n) is 6.01. The minimum absolute atomic E-state index is 0.0570. The number of amides is 1. The van der Waals surface area contributed by atoms with E-state index >= 15 is 0 Å². The third-order valence-electron chi connectivity index (χ3n) is 4.23. The second kappa shape index (κ2) is 6.94. The summed E-state index contributed by atoms with van der Waals surface area (Å²) in [7, 11) is 1.66. The molecule has 1 amide bonds. The largest absolute Gasteiger partial charge is 0.496 e. The van der Waals surface area contributed by atoms with E-state index in [1.165, 1.54) is 0 Å². The van der Waals surface area contributed by atoms with Gasteiger partial charge in [-0.15, -0.1) is 0 Å². The van der Waals surface area contributed by atoms with Gasteiger partial charge in [0.25, 0.3) is 0 Å². The Kier molecular flexibility index (Phi) is 5.23. The van der Waals surface area contributed by atoms with Crippen LogP contribution in [0.1, 0.15) is 43.2 Å². The number of hydrogen-bond donors (Lipinski definition) is 2. The number of methoxy groups -OCH3 is 1. The van der Waals surface area contributed by atoms with E-state index in [1.54, 1.807) is 7.11 Å². The van der Waals surface area contributed by atoms with Gasteiger partial charge in [0.1, 0.15) is 5.75 Å². The summed E-state index contributed by atoms with van der Waals surface area (Å²) in [5.41, 5.74) is 1.48. The topological polar surface area (TPSA) is 58.6 Å². The summed E-state index contributed by atoms with van der Waals surface area (Å²) in [6, 6.07) is 6.08. The van der Waals surface area contributed by atoms with E-state index < -0.39 is 5.60 Å². The Bertz CT molecular complexity index is 493. The van der Waals surface area contributed by atoms with Crippen LogP contribution in [-0.4, -0.2) is 30.3 Å². The van der Waals surface area contributed by atoms with Gasteiger partial charge >= 0.3 is 0 Å². The fourth-order valence-electron chi connectivity index (χ4n) is 2.94. The molecule has 0 heterocycles. The highest BCUT2D eigenvalue weighted by molar-refractivity contribution is 5.77. The molecule has 0 atom stereocenters. The molecule has 0 bridgehead atoms. The van der Waals surface area contributed by atoms with Crippen molar-refractivity contribution in [3.05, 3.63) is 29.3 Å². The Morgan fingerprint density at radius 2 is 2.10 bits per heavy atom. The zero-order chi connectivity index (χ0) is 15.3. The summed E-state index contributed by atoms with van der Waals surface area (Å²) >= 11 is 0. The van der Waals surface area contributed by atoms with Gasteiger partial charge in [0, 0.05) is 6.54 Å². The molecule has 1 aromatic rings. The van der Waals surface area contributed by atoms with E-state index in [0.29, 0.717) is 6.54 Å². The molecule has 0 unspecified atom stereocenters. The maximum absolute atomic E-state index is 11.9. The molecule has 0 radical (unpaired) electrons. The van der Waals surface area contributed by atoms with Gasteiger partial charge in [-0.25, -0.2) is 0 Å². The summed E-state index contributed by atoms with van der Waals surface area (Å²) in [5, 5.41) is 13.1. The highest BCUT2D eigenvalue weighted by Crippen LogP contribution is 2.32. The summed E-state index contributed by atoms with van der Waals surface area (Å²) in [6.45, 7) is 2.59. The Labute approximate surface area is 126 Å². The summed E-state index contributed by atoms with van der Waals surface area (Å²) < 4.78 is 5.29. The number of nitrogens with one attached hydrogen (secondary N) is 1. The van der Waals surface area contributed by atoms with Crippen LogP contribution in [0.4, 0.5) is 0 Å². The molecule has 0 aliphatic heterocycles. The molecular weight excluding hydrogens is 266 g/mol. The lowest BCUT2D eigenvalue weighted by atomic mass is 9.97. The Balaban J connectivity index is 1.77. The zero-order valence-corrected chi connectivity index (χ0v) is 12.9. The van der Waals surface area contributed by atoms with E-state index in [9.17, 15) is 9.90 Å². The van der Waals surface area contributed by atoms with Crippen molar-refractivity contribution < 1.29 is 14.6 Å².